The number of nitro benzene ring substituents is 1. The van der Waals surface area contributed by atoms with E-state index in [-0.39, 0.29) is 16.7 Å². The highest BCUT2D eigenvalue weighted by atomic mass is 16.6. The number of hydrogen-bond acceptors (Lipinski definition) is 3. The van der Waals surface area contributed by atoms with Crippen LogP contribution in [0.15, 0.2) is 24.3 Å². The number of nitrogens with one attached hydrogen (secondary N) is 1. The molecular formula is C16H24N2O2. The van der Waals surface area contributed by atoms with E-state index in [0.717, 1.165) is 18.0 Å². The Bertz CT molecular complexity index is 425. The molecule has 0 aliphatic heterocycles. The predicted molar refractivity (Wildman–Crippen MR) is 80.7 cm³/mol. The molecule has 0 heterocycles. The summed E-state index contributed by atoms with van der Waals surface area (Å²) in [7, 11) is 0. The standard InChI is InChI=1S/C16H24N2O2/c1-13(15-7-9-16(10-8-15)18(19)20)17-12-11-14-5-3-2-4-6-14/h7-10,13-14,17H,2-6,11-12H2,1H3. The highest BCUT2D eigenvalue weighted by molar-refractivity contribution is 5.33. The molecule has 1 aliphatic carbocycles. The van der Waals surface area contributed by atoms with Gasteiger partial charge in [-0.2, -0.15) is 0 Å². The number of benzene rings is 1. The molecule has 0 aromatic heterocycles. The van der Waals surface area contributed by atoms with Gasteiger partial charge in [-0.15, -0.1) is 0 Å². The van der Waals surface area contributed by atoms with Crippen molar-refractivity contribution in [3.8, 4) is 0 Å². The van der Waals surface area contributed by atoms with Gasteiger partial charge in [-0.3, -0.25) is 10.1 Å². The lowest BCUT2D eigenvalue weighted by Crippen LogP contribution is -2.22. The predicted octanol–water partition coefficient (Wildman–Crippen LogP) is 4.22. The van der Waals surface area contributed by atoms with Gasteiger partial charge in [-0.05, 0) is 31.4 Å². The average Bonchev–Trinajstić information content (AvgIpc) is 2.48. The zero-order valence-corrected chi connectivity index (χ0v) is 12.2. The maximum Gasteiger partial charge on any atom is 0.269 e. The topological polar surface area (TPSA) is 55.2 Å². The summed E-state index contributed by atoms with van der Waals surface area (Å²) in [4.78, 5) is 10.3. The Labute approximate surface area is 120 Å². The largest absolute Gasteiger partial charge is 0.310 e. The van der Waals surface area contributed by atoms with Gasteiger partial charge in [0.2, 0.25) is 0 Å². The summed E-state index contributed by atoms with van der Waals surface area (Å²) >= 11 is 0. The van der Waals surface area contributed by atoms with Crippen LogP contribution in [0.25, 0.3) is 0 Å². The van der Waals surface area contributed by atoms with Crippen LogP contribution in [0.3, 0.4) is 0 Å². The second-order valence-electron chi connectivity index (χ2n) is 5.82. The molecule has 1 aromatic carbocycles. The number of hydrogen-bond donors (Lipinski definition) is 1. The van der Waals surface area contributed by atoms with E-state index in [1.54, 1.807) is 12.1 Å². The fourth-order valence-electron chi connectivity index (χ4n) is 2.98. The summed E-state index contributed by atoms with van der Waals surface area (Å²) in [5, 5.41) is 14.1. The lowest BCUT2D eigenvalue weighted by Gasteiger charge is -2.22. The van der Waals surface area contributed by atoms with Crippen LogP contribution < -0.4 is 5.32 Å². The smallest absolute Gasteiger partial charge is 0.269 e. The van der Waals surface area contributed by atoms with Crippen LogP contribution >= 0.6 is 0 Å². The molecular weight excluding hydrogens is 252 g/mol. The van der Waals surface area contributed by atoms with Crippen molar-refractivity contribution in [3.63, 3.8) is 0 Å². The van der Waals surface area contributed by atoms with Crippen molar-refractivity contribution in [1.29, 1.82) is 0 Å². The normalized spacial score (nSPS) is 17.9. The molecule has 0 saturated heterocycles. The second-order valence-corrected chi connectivity index (χ2v) is 5.82. The van der Waals surface area contributed by atoms with Crippen molar-refractivity contribution < 1.29 is 4.92 Å². The van der Waals surface area contributed by atoms with Crippen LogP contribution in [-0.4, -0.2) is 11.5 Å². The second kappa shape index (κ2) is 7.39. The summed E-state index contributed by atoms with van der Waals surface area (Å²) in [5.74, 6) is 0.889. The van der Waals surface area contributed by atoms with Crippen LogP contribution in [0, 0.1) is 16.0 Å². The van der Waals surface area contributed by atoms with Gasteiger partial charge < -0.3 is 5.32 Å². The average molecular weight is 276 g/mol. The Hall–Kier alpha value is -1.42. The molecule has 4 heteroatoms. The van der Waals surface area contributed by atoms with Crippen molar-refractivity contribution in [2.24, 2.45) is 5.92 Å². The zero-order valence-electron chi connectivity index (χ0n) is 12.2. The van der Waals surface area contributed by atoms with Crippen LogP contribution in [0.5, 0.6) is 0 Å². The van der Waals surface area contributed by atoms with E-state index in [2.05, 4.69) is 12.2 Å². The third-order valence-corrected chi connectivity index (χ3v) is 4.33. The fraction of sp³-hybridized carbons (Fsp3) is 0.625. The Morgan fingerprint density at radius 2 is 1.90 bits per heavy atom. The quantitative estimate of drug-likeness (QED) is 0.625. The lowest BCUT2D eigenvalue weighted by molar-refractivity contribution is -0.384. The number of non-ortho nitro benzene ring substituents is 1. The van der Waals surface area contributed by atoms with Gasteiger partial charge in [0.25, 0.3) is 5.69 Å². The lowest BCUT2D eigenvalue weighted by atomic mass is 9.87. The molecule has 0 radical (unpaired) electrons. The van der Waals surface area contributed by atoms with Gasteiger partial charge in [-0.25, -0.2) is 0 Å². The first-order chi connectivity index (χ1) is 9.66. The van der Waals surface area contributed by atoms with E-state index in [1.165, 1.54) is 38.5 Å². The van der Waals surface area contributed by atoms with Gasteiger partial charge in [0.1, 0.15) is 0 Å². The molecule has 20 heavy (non-hydrogen) atoms. The Kier molecular flexibility index (Phi) is 5.53. The minimum absolute atomic E-state index is 0.156. The molecule has 1 atom stereocenters. The molecule has 1 fully saturated rings. The summed E-state index contributed by atoms with van der Waals surface area (Å²) < 4.78 is 0. The van der Waals surface area contributed by atoms with Crippen LogP contribution in [0.2, 0.25) is 0 Å². The molecule has 0 amide bonds. The summed E-state index contributed by atoms with van der Waals surface area (Å²) in [5.41, 5.74) is 1.27. The molecule has 4 nitrogen and oxygen atoms in total. The van der Waals surface area contributed by atoms with Gasteiger partial charge in [0.15, 0.2) is 0 Å². The van der Waals surface area contributed by atoms with Crippen LogP contribution in [0.4, 0.5) is 5.69 Å². The molecule has 1 unspecified atom stereocenters. The summed E-state index contributed by atoms with van der Waals surface area (Å²) in [6.07, 6.45) is 8.20. The molecule has 1 saturated carbocycles. The van der Waals surface area contributed by atoms with Gasteiger partial charge >= 0.3 is 0 Å². The van der Waals surface area contributed by atoms with Crippen molar-refractivity contribution >= 4 is 5.69 Å². The van der Waals surface area contributed by atoms with E-state index in [4.69, 9.17) is 0 Å². The molecule has 2 rings (SSSR count). The van der Waals surface area contributed by atoms with E-state index >= 15 is 0 Å². The highest BCUT2D eigenvalue weighted by Gasteiger charge is 2.14. The van der Waals surface area contributed by atoms with Gasteiger partial charge in [-0.1, -0.05) is 44.2 Å². The number of nitrogens with zero attached hydrogens (tertiary/aromatic N) is 1. The Morgan fingerprint density at radius 1 is 1.25 bits per heavy atom. The monoisotopic (exact) mass is 276 g/mol. The van der Waals surface area contributed by atoms with Crippen molar-refractivity contribution in [2.45, 2.75) is 51.5 Å². The summed E-state index contributed by atoms with van der Waals surface area (Å²) in [6, 6.07) is 7.09. The van der Waals surface area contributed by atoms with E-state index in [9.17, 15) is 10.1 Å². The fourth-order valence-corrected chi connectivity index (χ4v) is 2.98. The van der Waals surface area contributed by atoms with Crippen molar-refractivity contribution in [1.82, 2.24) is 5.32 Å². The molecule has 1 aromatic rings. The maximum absolute atomic E-state index is 10.6. The number of nitro groups is 1. The van der Waals surface area contributed by atoms with E-state index < -0.39 is 0 Å². The minimum atomic E-state index is -0.356. The molecule has 0 spiro atoms. The van der Waals surface area contributed by atoms with Gasteiger partial charge in [0.05, 0.1) is 4.92 Å². The first kappa shape index (κ1) is 15.0. The van der Waals surface area contributed by atoms with Crippen molar-refractivity contribution in [2.75, 3.05) is 6.54 Å². The third kappa shape index (κ3) is 4.30. The molecule has 0 bridgehead atoms. The first-order valence-electron chi connectivity index (χ1n) is 7.64. The van der Waals surface area contributed by atoms with Crippen LogP contribution in [-0.2, 0) is 0 Å². The van der Waals surface area contributed by atoms with E-state index in [1.807, 2.05) is 12.1 Å². The SMILES string of the molecule is CC(NCCC1CCCCC1)c1ccc([N+](=O)[O-])cc1. The number of rotatable bonds is 6. The van der Waals surface area contributed by atoms with E-state index in [0.29, 0.717) is 0 Å². The Morgan fingerprint density at radius 3 is 2.50 bits per heavy atom. The van der Waals surface area contributed by atoms with Gasteiger partial charge in [0, 0.05) is 18.2 Å². The first-order valence-corrected chi connectivity index (χ1v) is 7.64. The maximum atomic E-state index is 10.6. The highest BCUT2D eigenvalue weighted by Crippen LogP contribution is 2.26. The molecule has 1 aliphatic rings. The molecule has 1 N–H and O–H groups in total. The summed E-state index contributed by atoms with van der Waals surface area (Å²) in [6.45, 7) is 3.14. The zero-order chi connectivity index (χ0) is 14.4. The molecule has 110 valence electrons. The Balaban J connectivity index is 1.76. The minimum Gasteiger partial charge on any atom is -0.310 e. The third-order valence-electron chi connectivity index (χ3n) is 4.33. The van der Waals surface area contributed by atoms with Crippen molar-refractivity contribution in [3.05, 3.63) is 39.9 Å². The van der Waals surface area contributed by atoms with Crippen LogP contribution in [0.1, 0.15) is 57.1 Å².